The summed E-state index contributed by atoms with van der Waals surface area (Å²) in [5.74, 6) is 1.90. The van der Waals surface area contributed by atoms with Gasteiger partial charge in [-0.05, 0) is 48.1 Å². The van der Waals surface area contributed by atoms with E-state index in [1.807, 2.05) is 18.4 Å². The number of benzene rings is 1. The van der Waals surface area contributed by atoms with Crippen LogP contribution in [-0.4, -0.2) is 71.0 Å². The molecule has 0 radical (unpaired) electrons. The molecule has 0 saturated carbocycles. The molecule has 2 fully saturated rings. The van der Waals surface area contributed by atoms with Crippen molar-refractivity contribution in [1.82, 2.24) is 10.2 Å². The van der Waals surface area contributed by atoms with Gasteiger partial charge >= 0.3 is 0 Å². The molecular formula is C23H32N4O2S. The fourth-order valence-corrected chi connectivity index (χ4v) is 5.23. The van der Waals surface area contributed by atoms with E-state index in [9.17, 15) is 0 Å². The minimum absolute atomic E-state index is 0.0548. The molecule has 0 unspecified atom stereocenters. The molecule has 2 saturated heterocycles. The first-order chi connectivity index (χ1) is 14.7. The normalized spacial score (nSPS) is 19.6. The highest BCUT2D eigenvalue weighted by atomic mass is 32.1. The van der Waals surface area contributed by atoms with Crippen molar-refractivity contribution in [3.8, 4) is 5.75 Å². The van der Waals surface area contributed by atoms with Crippen molar-refractivity contribution in [3.05, 3.63) is 47.3 Å². The quantitative estimate of drug-likeness (QED) is 0.585. The summed E-state index contributed by atoms with van der Waals surface area (Å²) >= 11 is 1.81. The summed E-state index contributed by atoms with van der Waals surface area (Å²) in [6, 6.07) is 12.9. The molecule has 4 rings (SSSR count). The minimum Gasteiger partial charge on any atom is -0.497 e. The number of anilines is 1. The maximum Gasteiger partial charge on any atom is 0.193 e. The minimum atomic E-state index is 0.0548. The third kappa shape index (κ3) is 4.57. The van der Waals surface area contributed by atoms with Gasteiger partial charge in [-0.25, -0.2) is 0 Å². The summed E-state index contributed by atoms with van der Waals surface area (Å²) in [6.07, 6.45) is 2.02. The Morgan fingerprint density at radius 1 is 1.13 bits per heavy atom. The number of methoxy groups -OCH3 is 1. The van der Waals surface area contributed by atoms with Crippen LogP contribution in [0.25, 0.3) is 0 Å². The van der Waals surface area contributed by atoms with E-state index in [2.05, 4.69) is 61.9 Å². The van der Waals surface area contributed by atoms with Crippen molar-refractivity contribution in [2.24, 2.45) is 4.99 Å². The monoisotopic (exact) mass is 428 g/mol. The third-order valence-electron chi connectivity index (χ3n) is 6.35. The fourth-order valence-electron chi connectivity index (χ4n) is 4.44. The standard InChI is InChI=1S/C23H32N4O2S/c1-24-22(27-13-11-26(12-14-27)21-4-3-17-30-21)25-18-23(9-15-29-16-10-23)19-5-7-20(28-2)8-6-19/h3-8,17H,9-16,18H2,1-2H3,(H,24,25). The Bertz CT molecular complexity index is 808. The zero-order chi connectivity index (χ0) is 20.8. The molecule has 3 heterocycles. The smallest absolute Gasteiger partial charge is 0.193 e. The number of aliphatic imine (C=N–C) groups is 1. The maximum absolute atomic E-state index is 5.69. The first-order valence-corrected chi connectivity index (χ1v) is 11.6. The van der Waals surface area contributed by atoms with E-state index in [4.69, 9.17) is 9.47 Å². The lowest BCUT2D eigenvalue weighted by Crippen LogP contribution is -2.54. The van der Waals surface area contributed by atoms with Crippen LogP contribution in [0.5, 0.6) is 5.75 Å². The largest absolute Gasteiger partial charge is 0.497 e. The number of piperazine rings is 1. The van der Waals surface area contributed by atoms with E-state index in [1.54, 1.807) is 7.11 Å². The van der Waals surface area contributed by atoms with Gasteiger partial charge < -0.3 is 24.6 Å². The Morgan fingerprint density at radius 2 is 1.87 bits per heavy atom. The lowest BCUT2D eigenvalue weighted by atomic mass is 9.74. The molecule has 0 bridgehead atoms. The van der Waals surface area contributed by atoms with Gasteiger partial charge in [0.15, 0.2) is 5.96 Å². The predicted octanol–water partition coefficient (Wildman–Crippen LogP) is 3.20. The maximum atomic E-state index is 5.69. The molecule has 30 heavy (non-hydrogen) atoms. The Morgan fingerprint density at radius 3 is 2.47 bits per heavy atom. The number of hydrogen-bond donors (Lipinski definition) is 1. The van der Waals surface area contributed by atoms with Crippen molar-refractivity contribution < 1.29 is 9.47 Å². The highest BCUT2D eigenvalue weighted by Crippen LogP contribution is 2.35. The molecule has 0 atom stereocenters. The number of ether oxygens (including phenoxy) is 2. The van der Waals surface area contributed by atoms with Gasteiger partial charge in [-0.2, -0.15) is 0 Å². The van der Waals surface area contributed by atoms with E-state index in [0.717, 1.165) is 70.5 Å². The van der Waals surface area contributed by atoms with Gasteiger partial charge in [-0.15, -0.1) is 11.3 Å². The molecule has 0 amide bonds. The summed E-state index contributed by atoms with van der Waals surface area (Å²) in [5, 5.41) is 7.21. The van der Waals surface area contributed by atoms with E-state index in [1.165, 1.54) is 10.6 Å². The average Bonchev–Trinajstić information content (AvgIpc) is 3.36. The van der Waals surface area contributed by atoms with Crippen LogP contribution in [0.1, 0.15) is 18.4 Å². The molecule has 0 spiro atoms. The van der Waals surface area contributed by atoms with Crippen LogP contribution in [-0.2, 0) is 10.2 Å². The number of guanidine groups is 1. The second kappa shape index (κ2) is 9.71. The number of rotatable bonds is 5. The van der Waals surface area contributed by atoms with Gasteiger partial charge in [0, 0.05) is 58.4 Å². The summed E-state index contributed by atoms with van der Waals surface area (Å²) in [7, 11) is 3.60. The van der Waals surface area contributed by atoms with Crippen molar-refractivity contribution in [2.75, 3.05) is 65.0 Å². The number of hydrogen-bond acceptors (Lipinski definition) is 5. The first-order valence-electron chi connectivity index (χ1n) is 10.7. The van der Waals surface area contributed by atoms with Crippen LogP contribution in [0.15, 0.2) is 46.8 Å². The van der Waals surface area contributed by atoms with E-state index >= 15 is 0 Å². The number of nitrogens with one attached hydrogen (secondary N) is 1. The van der Waals surface area contributed by atoms with Gasteiger partial charge in [-0.1, -0.05) is 12.1 Å². The number of nitrogens with zero attached hydrogens (tertiary/aromatic N) is 3. The molecule has 1 aromatic heterocycles. The molecule has 7 heteroatoms. The summed E-state index contributed by atoms with van der Waals surface area (Å²) in [6.45, 7) is 6.47. The zero-order valence-corrected chi connectivity index (χ0v) is 18.8. The molecule has 2 aliphatic heterocycles. The van der Waals surface area contributed by atoms with Gasteiger partial charge in [0.1, 0.15) is 5.75 Å². The Hall–Kier alpha value is -2.25. The molecule has 1 aromatic carbocycles. The van der Waals surface area contributed by atoms with Gasteiger partial charge in [0.2, 0.25) is 0 Å². The second-order valence-electron chi connectivity index (χ2n) is 7.95. The molecule has 2 aliphatic rings. The average molecular weight is 429 g/mol. The van der Waals surface area contributed by atoms with Crippen LogP contribution in [0.4, 0.5) is 5.00 Å². The molecule has 162 valence electrons. The van der Waals surface area contributed by atoms with Crippen molar-refractivity contribution in [1.29, 1.82) is 0 Å². The molecule has 1 N–H and O–H groups in total. The second-order valence-corrected chi connectivity index (χ2v) is 8.87. The molecular weight excluding hydrogens is 396 g/mol. The van der Waals surface area contributed by atoms with Crippen molar-refractivity contribution in [2.45, 2.75) is 18.3 Å². The van der Waals surface area contributed by atoms with Crippen LogP contribution in [0.3, 0.4) is 0 Å². The van der Waals surface area contributed by atoms with Crippen LogP contribution in [0, 0.1) is 0 Å². The fraction of sp³-hybridized carbons (Fsp3) is 0.522. The van der Waals surface area contributed by atoms with Gasteiger partial charge in [0.05, 0.1) is 12.1 Å². The Labute approximate surface area is 183 Å². The van der Waals surface area contributed by atoms with E-state index in [0.29, 0.717) is 0 Å². The first kappa shape index (κ1) is 21.0. The van der Waals surface area contributed by atoms with Crippen molar-refractivity contribution in [3.63, 3.8) is 0 Å². The Kier molecular flexibility index (Phi) is 6.79. The molecule has 2 aromatic rings. The Balaban J connectivity index is 1.41. The van der Waals surface area contributed by atoms with Crippen LogP contribution >= 0.6 is 11.3 Å². The lowest BCUT2D eigenvalue weighted by molar-refractivity contribution is 0.0511. The highest BCUT2D eigenvalue weighted by molar-refractivity contribution is 7.14. The van der Waals surface area contributed by atoms with Gasteiger partial charge in [-0.3, -0.25) is 4.99 Å². The van der Waals surface area contributed by atoms with E-state index in [-0.39, 0.29) is 5.41 Å². The predicted molar refractivity (Wildman–Crippen MR) is 124 cm³/mol. The topological polar surface area (TPSA) is 49.3 Å². The number of thiophene rings is 1. The SMILES string of the molecule is CN=C(NCC1(c2ccc(OC)cc2)CCOCC1)N1CCN(c2cccs2)CC1. The highest BCUT2D eigenvalue weighted by Gasteiger charge is 2.35. The lowest BCUT2D eigenvalue weighted by Gasteiger charge is -2.41. The third-order valence-corrected chi connectivity index (χ3v) is 7.28. The summed E-state index contributed by atoms with van der Waals surface area (Å²) in [4.78, 5) is 9.44. The van der Waals surface area contributed by atoms with E-state index < -0.39 is 0 Å². The van der Waals surface area contributed by atoms with Gasteiger partial charge in [0.25, 0.3) is 0 Å². The summed E-state index contributed by atoms with van der Waals surface area (Å²) < 4.78 is 11.0. The van der Waals surface area contributed by atoms with Crippen LogP contribution < -0.4 is 15.0 Å². The zero-order valence-electron chi connectivity index (χ0n) is 18.0. The summed E-state index contributed by atoms with van der Waals surface area (Å²) in [5.41, 5.74) is 1.40. The molecule has 0 aliphatic carbocycles. The molecule has 6 nitrogen and oxygen atoms in total. The van der Waals surface area contributed by atoms with Crippen LogP contribution in [0.2, 0.25) is 0 Å². The van der Waals surface area contributed by atoms with Crippen molar-refractivity contribution >= 4 is 22.3 Å².